The van der Waals surface area contributed by atoms with Gasteiger partial charge in [0.25, 0.3) is 5.56 Å². The highest BCUT2D eigenvalue weighted by Gasteiger charge is 2.35. The number of alkyl halides is 3. The highest BCUT2D eigenvalue weighted by molar-refractivity contribution is 6.33. The van der Waals surface area contributed by atoms with Crippen molar-refractivity contribution in [3.05, 3.63) is 57.0 Å². The quantitative estimate of drug-likeness (QED) is 0.897. The number of amides is 1. The Labute approximate surface area is 144 Å². The number of hydrogen-bond acceptors (Lipinski definition) is 4. The Balaban J connectivity index is 1.83. The van der Waals surface area contributed by atoms with E-state index in [1.54, 1.807) is 0 Å². The topological polar surface area (TPSA) is 69.3 Å². The van der Waals surface area contributed by atoms with Crippen molar-refractivity contribution in [2.45, 2.75) is 12.7 Å². The van der Waals surface area contributed by atoms with Crippen LogP contribution in [0.3, 0.4) is 0 Å². The zero-order chi connectivity index (χ0) is 18.2. The molecule has 6 nitrogen and oxygen atoms in total. The monoisotopic (exact) mass is 372 g/mol. The Morgan fingerprint density at radius 2 is 1.96 bits per heavy atom. The van der Waals surface area contributed by atoms with Crippen LogP contribution in [0.25, 0.3) is 0 Å². The van der Waals surface area contributed by atoms with Crippen LogP contribution in [0.1, 0.15) is 11.1 Å². The van der Waals surface area contributed by atoms with Crippen LogP contribution in [0.2, 0.25) is 5.02 Å². The summed E-state index contributed by atoms with van der Waals surface area (Å²) in [5.41, 5.74) is -1.13. The summed E-state index contributed by atoms with van der Waals surface area (Å²) < 4.78 is 39.2. The fourth-order valence-corrected chi connectivity index (χ4v) is 2.84. The molecule has 3 rings (SSSR count). The Morgan fingerprint density at radius 3 is 2.68 bits per heavy atom. The molecule has 0 aliphatic carbocycles. The first-order valence-corrected chi connectivity index (χ1v) is 7.56. The third-order valence-electron chi connectivity index (χ3n) is 3.82. The van der Waals surface area contributed by atoms with Crippen LogP contribution < -0.4 is 10.5 Å². The van der Waals surface area contributed by atoms with Crippen molar-refractivity contribution in [3.63, 3.8) is 0 Å². The van der Waals surface area contributed by atoms with Crippen LogP contribution in [-0.4, -0.2) is 34.2 Å². The summed E-state index contributed by atoms with van der Waals surface area (Å²) in [6, 6.07) is 5.10. The molecule has 1 aromatic heterocycles. The van der Waals surface area contributed by atoms with Gasteiger partial charge < -0.3 is 9.80 Å². The van der Waals surface area contributed by atoms with Gasteiger partial charge in [-0.05, 0) is 11.6 Å². The highest BCUT2D eigenvalue weighted by Crippen LogP contribution is 2.33. The van der Waals surface area contributed by atoms with Gasteiger partial charge in [0.2, 0.25) is 5.91 Å². The minimum absolute atomic E-state index is 0.000306. The maximum absolute atomic E-state index is 13.1. The number of halogens is 4. The van der Waals surface area contributed by atoms with E-state index >= 15 is 0 Å². The molecule has 0 unspecified atom stereocenters. The van der Waals surface area contributed by atoms with Gasteiger partial charge in [0.05, 0.1) is 30.7 Å². The van der Waals surface area contributed by atoms with E-state index < -0.39 is 17.3 Å². The first-order chi connectivity index (χ1) is 11.8. The summed E-state index contributed by atoms with van der Waals surface area (Å²) in [5, 5.41) is 5.67. The molecular formula is C15H12ClF3N4O2. The van der Waals surface area contributed by atoms with Gasteiger partial charge in [-0.25, -0.2) is 5.10 Å². The summed E-state index contributed by atoms with van der Waals surface area (Å²) >= 11 is 5.91. The molecule has 1 aliphatic heterocycles. The average Bonchev–Trinajstić information content (AvgIpc) is 2.90. The maximum atomic E-state index is 13.1. The molecule has 1 amide bonds. The van der Waals surface area contributed by atoms with Crippen LogP contribution in [0.4, 0.5) is 18.9 Å². The van der Waals surface area contributed by atoms with Gasteiger partial charge in [-0.3, -0.25) is 9.59 Å². The van der Waals surface area contributed by atoms with Gasteiger partial charge in [0, 0.05) is 6.54 Å². The molecule has 132 valence electrons. The van der Waals surface area contributed by atoms with Gasteiger partial charge in [-0.1, -0.05) is 29.8 Å². The summed E-state index contributed by atoms with van der Waals surface area (Å²) in [6.45, 7) is -0.284. The lowest BCUT2D eigenvalue weighted by Crippen LogP contribution is -2.28. The lowest BCUT2D eigenvalue weighted by atomic mass is 10.1. The lowest BCUT2D eigenvalue weighted by Gasteiger charge is -2.21. The number of H-pyrrole nitrogens is 1. The zero-order valence-corrected chi connectivity index (χ0v) is 13.4. The molecule has 1 fully saturated rings. The van der Waals surface area contributed by atoms with Crippen molar-refractivity contribution in [3.8, 4) is 0 Å². The number of aromatic nitrogens is 2. The van der Waals surface area contributed by atoms with Gasteiger partial charge >= 0.3 is 6.18 Å². The number of hydrogen-bond donors (Lipinski definition) is 1. The normalized spacial score (nSPS) is 15.1. The van der Waals surface area contributed by atoms with E-state index in [1.807, 2.05) is 0 Å². The molecule has 2 heterocycles. The first kappa shape index (κ1) is 17.3. The Morgan fingerprint density at radius 1 is 1.24 bits per heavy atom. The number of carbonyl (C=O) groups is 1. The number of nitrogens with zero attached hydrogens (tertiary/aromatic N) is 3. The Bertz CT molecular complexity index is 868. The van der Waals surface area contributed by atoms with E-state index in [9.17, 15) is 22.8 Å². The fraction of sp³-hybridized carbons (Fsp3) is 0.267. The number of rotatable bonds is 3. The van der Waals surface area contributed by atoms with Crippen LogP contribution in [0, 0.1) is 0 Å². The van der Waals surface area contributed by atoms with Gasteiger partial charge in [-0.15, -0.1) is 0 Å². The van der Waals surface area contributed by atoms with Gasteiger partial charge in [-0.2, -0.15) is 18.3 Å². The van der Waals surface area contributed by atoms with E-state index in [-0.39, 0.29) is 41.9 Å². The summed E-state index contributed by atoms with van der Waals surface area (Å²) in [5.74, 6) is -0.367. The van der Waals surface area contributed by atoms with Gasteiger partial charge in [0.15, 0.2) is 0 Å². The molecule has 1 aliphatic rings. The number of benzene rings is 1. The minimum atomic E-state index is -4.50. The molecule has 1 N–H and O–H groups in total. The third-order valence-corrected chi connectivity index (χ3v) is 4.19. The van der Waals surface area contributed by atoms with Crippen molar-refractivity contribution in [2.24, 2.45) is 0 Å². The molecule has 0 saturated carbocycles. The summed E-state index contributed by atoms with van der Waals surface area (Å²) in [4.78, 5) is 26.4. The number of anilines is 1. The molecule has 0 bridgehead atoms. The maximum Gasteiger partial charge on any atom is 0.416 e. The van der Waals surface area contributed by atoms with Crippen LogP contribution in [0.5, 0.6) is 0 Å². The molecule has 2 aromatic rings. The predicted molar refractivity (Wildman–Crippen MR) is 84.1 cm³/mol. The minimum Gasteiger partial charge on any atom is -0.342 e. The van der Waals surface area contributed by atoms with E-state index in [4.69, 9.17) is 11.6 Å². The number of aromatic amines is 1. The first-order valence-electron chi connectivity index (χ1n) is 7.18. The summed E-state index contributed by atoms with van der Waals surface area (Å²) in [7, 11) is 0. The molecule has 25 heavy (non-hydrogen) atoms. The molecule has 0 atom stereocenters. The molecule has 1 aromatic carbocycles. The predicted octanol–water partition coefficient (Wildman–Crippen LogP) is 2.25. The van der Waals surface area contributed by atoms with Crippen LogP contribution in [0.15, 0.2) is 35.3 Å². The second-order valence-corrected chi connectivity index (χ2v) is 5.86. The molecule has 1 saturated heterocycles. The number of nitrogens with one attached hydrogen (secondary N) is 1. The smallest absolute Gasteiger partial charge is 0.342 e. The van der Waals surface area contributed by atoms with Crippen molar-refractivity contribution < 1.29 is 18.0 Å². The SMILES string of the molecule is O=C1CN(c2cn[nH]c(=O)c2Cl)CN1Cc1ccccc1C(F)(F)F. The third kappa shape index (κ3) is 3.46. The van der Waals surface area contributed by atoms with Crippen molar-refractivity contribution >= 4 is 23.2 Å². The van der Waals surface area contributed by atoms with Crippen LogP contribution in [-0.2, 0) is 17.5 Å². The van der Waals surface area contributed by atoms with Crippen LogP contribution >= 0.6 is 11.6 Å². The van der Waals surface area contributed by atoms with E-state index in [0.29, 0.717) is 0 Å². The van der Waals surface area contributed by atoms with Crippen molar-refractivity contribution in [1.29, 1.82) is 0 Å². The molecular weight excluding hydrogens is 361 g/mol. The van der Waals surface area contributed by atoms with Crippen molar-refractivity contribution in [2.75, 3.05) is 18.1 Å². The molecule has 0 spiro atoms. The fourth-order valence-electron chi connectivity index (χ4n) is 2.63. The second kappa shape index (κ2) is 6.40. The number of carbonyl (C=O) groups excluding carboxylic acids is 1. The summed E-state index contributed by atoms with van der Waals surface area (Å²) in [6.07, 6.45) is -3.21. The molecule has 10 heteroatoms. The standard InChI is InChI=1S/C15H12ClF3N4O2/c16-13-11(5-20-21-14(13)25)22-7-12(24)23(8-22)6-9-3-1-2-4-10(9)15(17,18)19/h1-5H,6-8H2,(H,21,25). The Hall–Kier alpha value is -2.55. The Kier molecular flexibility index (Phi) is 4.42. The highest BCUT2D eigenvalue weighted by atomic mass is 35.5. The lowest BCUT2D eigenvalue weighted by molar-refractivity contribution is -0.139. The second-order valence-electron chi connectivity index (χ2n) is 5.48. The van der Waals surface area contributed by atoms with E-state index in [2.05, 4.69) is 10.2 Å². The van der Waals surface area contributed by atoms with E-state index in [1.165, 1.54) is 34.2 Å². The zero-order valence-electron chi connectivity index (χ0n) is 12.7. The average molecular weight is 373 g/mol. The van der Waals surface area contributed by atoms with Crippen molar-refractivity contribution in [1.82, 2.24) is 15.1 Å². The van der Waals surface area contributed by atoms with E-state index in [0.717, 1.165) is 6.07 Å². The van der Waals surface area contributed by atoms with Gasteiger partial charge in [0.1, 0.15) is 5.02 Å². The largest absolute Gasteiger partial charge is 0.416 e. The molecule has 0 radical (unpaired) electrons.